The number of hydrogen-bond donors (Lipinski definition) is 2. The van der Waals surface area contributed by atoms with Gasteiger partial charge < -0.3 is 20.1 Å². The highest BCUT2D eigenvalue weighted by Gasteiger charge is 2.12. The van der Waals surface area contributed by atoms with Gasteiger partial charge in [-0.25, -0.2) is 4.98 Å². The molecular formula is C21H20ClN3O4S. The highest BCUT2D eigenvalue weighted by Crippen LogP contribution is 2.17. The molecule has 7 nitrogen and oxygen atoms in total. The van der Waals surface area contributed by atoms with Gasteiger partial charge in [-0.05, 0) is 30.3 Å². The largest absolute Gasteiger partial charge is 0.496 e. The highest BCUT2D eigenvalue weighted by molar-refractivity contribution is 7.09. The van der Waals surface area contributed by atoms with Crippen molar-refractivity contribution in [2.45, 2.75) is 13.1 Å². The number of halogens is 1. The number of thiazole rings is 1. The number of nitrogens with zero attached hydrogens (tertiary/aromatic N) is 1. The molecule has 0 unspecified atom stereocenters. The van der Waals surface area contributed by atoms with E-state index in [0.717, 1.165) is 5.56 Å². The summed E-state index contributed by atoms with van der Waals surface area (Å²) in [6, 6.07) is 14.2. The Morgan fingerprint density at radius 1 is 1.07 bits per heavy atom. The van der Waals surface area contributed by atoms with Crippen LogP contribution in [0.15, 0.2) is 53.9 Å². The fourth-order valence-electron chi connectivity index (χ4n) is 2.52. The lowest BCUT2D eigenvalue weighted by Crippen LogP contribution is -2.28. The van der Waals surface area contributed by atoms with Gasteiger partial charge in [-0.15, -0.1) is 11.3 Å². The maximum absolute atomic E-state index is 12.3. The first-order chi connectivity index (χ1) is 14.5. The number of carbonyl (C=O) groups excluding carboxylic acids is 2. The molecule has 0 bridgehead atoms. The minimum Gasteiger partial charge on any atom is -0.496 e. The predicted molar refractivity (Wildman–Crippen MR) is 115 cm³/mol. The van der Waals surface area contributed by atoms with E-state index in [-0.39, 0.29) is 25.0 Å². The smallest absolute Gasteiger partial charge is 0.271 e. The summed E-state index contributed by atoms with van der Waals surface area (Å²) in [5, 5.41) is 8.41. The van der Waals surface area contributed by atoms with Gasteiger partial charge in [0.05, 0.1) is 13.7 Å². The average molecular weight is 446 g/mol. The molecular weight excluding hydrogens is 426 g/mol. The second kappa shape index (κ2) is 10.6. The summed E-state index contributed by atoms with van der Waals surface area (Å²) < 4.78 is 10.7. The molecule has 1 heterocycles. The number of amides is 2. The van der Waals surface area contributed by atoms with Crippen LogP contribution in [0.3, 0.4) is 0 Å². The standard InChI is InChI=1S/C21H20ClN3O4S/c1-28-18-5-3-2-4-14(18)10-24-21(27)17-13-30-20(25-17)11-23-19(26)12-29-16-8-6-15(22)7-9-16/h2-9,13H,10-12H2,1H3,(H,23,26)(H,24,27). The topological polar surface area (TPSA) is 89.6 Å². The second-order valence-electron chi connectivity index (χ2n) is 6.14. The highest BCUT2D eigenvalue weighted by atomic mass is 35.5. The first-order valence-corrected chi connectivity index (χ1v) is 10.3. The Balaban J connectivity index is 1.44. The van der Waals surface area contributed by atoms with E-state index >= 15 is 0 Å². The lowest BCUT2D eigenvalue weighted by Gasteiger charge is -2.08. The van der Waals surface area contributed by atoms with Crippen LogP contribution in [0.1, 0.15) is 21.1 Å². The number of nitrogens with one attached hydrogen (secondary N) is 2. The molecule has 0 fully saturated rings. The third kappa shape index (κ3) is 6.20. The molecule has 3 aromatic rings. The SMILES string of the molecule is COc1ccccc1CNC(=O)c1csc(CNC(=O)COc2ccc(Cl)cc2)n1. The van der Waals surface area contributed by atoms with E-state index in [2.05, 4.69) is 15.6 Å². The maximum atomic E-state index is 12.3. The molecule has 0 saturated carbocycles. The second-order valence-corrected chi connectivity index (χ2v) is 7.52. The van der Waals surface area contributed by atoms with Crippen LogP contribution in [0.25, 0.3) is 0 Å². The lowest BCUT2D eigenvalue weighted by molar-refractivity contribution is -0.123. The van der Waals surface area contributed by atoms with Gasteiger partial charge in [-0.2, -0.15) is 0 Å². The molecule has 1 aromatic heterocycles. The van der Waals surface area contributed by atoms with Crippen LogP contribution >= 0.6 is 22.9 Å². The van der Waals surface area contributed by atoms with Gasteiger partial charge in [0.1, 0.15) is 22.2 Å². The van der Waals surface area contributed by atoms with E-state index in [1.54, 1.807) is 36.8 Å². The summed E-state index contributed by atoms with van der Waals surface area (Å²) in [7, 11) is 1.59. The number of ether oxygens (including phenoxy) is 2. The minimum absolute atomic E-state index is 0.126. The summed E-state index contributed by atoms with van der Waals surface area (Å²) in [4.78, 5) is 28.5. The van der Waals surface area contributed by atoms with Gasteiger partial charge >= 0.3 is 0 Å². The van der Waals surface area contributed by atoms with E-state index in [4.69, 9.17) is 21.1 Å². The Bertz CT molecular complexity index is 1010. The van der Waals surface area contributed by atoms with Crippen molar-refractivity contribution >= 4 is 34.8 Å². The molecule has 2 aromatic carbocycles. The van der Waals surface area contributed by atoms with E-state index in [0.29, 0.717) is 33.8 Å². The molecule has 0 atom stereocenters. The number of aromatic nitrogens is 1. The van der Waals surface area contributed by atoms with Crippen LogP contribution in [0.4, 0.5) is 0 Å². The molecule has 0 saturated heterocycles. The fourth-order valence-corrected chi connectivity index (χ4v) is 3.36. The molecule has 0 spiro atoms. The Hall–Kier alpha value is -3.10. The van der Waals surface area contributed by atoms with Crippen molar-refractivity contribution in [3.8, 4) is 11.5 Å². The van der Waals surface area contributed by atoms with Crippen LogP contribution in [-0.4, -0.2) is 30.5 Å². The molecule has 30 heavy (non-hydrogen) atoms. The van der Waals surface area contributed by atoms with Gasteiger partial charge in [0.2, 0.25) is 0 Å². The Labute approximate surface area is 183 Å². The van der Waals surface area contributed by atoms with E-state index in [1.807, 2.05) is 24.3 Å². The number of carbonyl (C=O) groups is 2. The number of methoxy groups -OCH3 is 1. The van der Waals surface area contributed by atoms with Crippen LogP contribution < -0.4 is 20.1 Å². The van der Waals surface area contributed by atoms with Crippen LogP contribution in [0.2, 0.25) is 5.02 Å². The van der Waals surface area contributed by atoms with Crippen molar-refractivity contribution in [3.63, 3.8) is 0 Å². The third-order valence-corrected chi connectivity index (χ3v) is 5.14. The molecule has 2 amide bonds. The van der Waals surface area contributed by atoms with E-state index in [1.165, 1.54) is 11.3 Å². The quantitative estimate of drug-likeness (QED) is 0.526. The minimum atomic E-state index is -0.291. The van der Waals surface area contributed by atoms with Gasteiger partial charge in [-0.3, -0.25) is 9.59 Å². The zero-order valence-corrected chi connectivity index (χ0v) is 17.8. The lowest BCUT2D eigenvalue weighted by atomic mass is 10.2. The van der Waals surface area contributed by atoms with Crippen molar-refractivity contribution in [1.29, 1.82) is 0 Å². The first kappa shape index (κ1) is 21.6. The van der Waals surface area contributed by atoms with Crippen molar-refractivity contribution in [3.05, 3.63) is 75.2 Å². The Morgan fingerprint density at radius 2 is 1.83 bits per heavy atom. The average Bonchev–Trinajstić information content (AvgIpc) is 3.25. The molecule has 9 heteroatoms. The number of rotatable bonds is 9. The Kier molecular flexibility index (Phi) is 7.64. The van der Waals surface area contributed by atoms with Crippen molar-refractivity contribution in [1.82, 2.24) is 15.6 Å². The summed E-state index contributed by atoms with van der Waals surface area (Å²) in [6.07, 6.45) is 0. The van der Waals surface area contributed by atoms with Crippen LogP contribution in [-0.2, 0) is 17.9 Å². The zero-order valence-electron chi connectivity index (χ0n) is 16.2. The number of hydrogen-bond acceptors (Lipinski definition) is 6. The zero-order chi connectivity index (χ0) is 21.3. The third-order valence-electron chi connectivity index (χ3n) is 4.04. The summed E-state index contributed by atoms with van der Waals surface area (Å²) in [5.74, 6) is 0.682. The summed E-state index contributed by atoms with van der Waals surface area (Å²) in [6.45, 7) is 0.418. The van der Waals surface area contributed by atoms with Crippen molar-refractivity contribution in [2.24, 2.45) is 0 Å². The normalized spacial score (nSPS) is 10.3. The molecule has 2 N–H and O–H groups in total. The number of para-hydroxylation sites is 1. The number of benzene rings is 2. The van der Waals surface area contributed by atoms with Crippen molar-refractivity contribution < 1.29 is 19.1 Å². The maximum Gasteiger partial charge on any atom is 0.271 e. The van der Waals surface area contributed by atoms with Gasteiger partial charge in [0.25, 0.3) is 11.8 Å². The first-order valence-electron chi connectivity index (χ1n) is 9.04. The molecule has 156 valence electrons. The predicted octanol–water partition coefficient (Wildman–Crippen LogP) is 3.43. The van der Waals surface area contributed by atoms with E-state index < -0.39 is 0 Å². The molecule has 0 aliphatic rings. The van der Waals surface area contributed by atoms with Crippen LogP contribution in [0, 0.1) is 0 Å². The summed E-state index contributed by atoms with van der Waals surface area (Å²) >= 11 is 7.10. The van der Waals surface area contributed by atoms with Gasteiger partial charge in [-0.1, -0.05) is 29.8 Å². The van der Waals surface area contributed by atoms with Crippen molar-refractivity contribution in [2.75, 3.05) is 13.7 Å². The van der Waals surface area contributed by atoms with E-state index in [9.17, 15) is 9.59 Å². The van der Waals surface area contributed by atoms with Gasteiger partial charge in [0.15, 0.2) is 6.61 Å². The Morgan fingerprint density at radius 3 is 2.60 bits per heavy atom. The van der Waals surface area contributed by atoms with Crippen LogP contribution in [0.5, 0.6) is 11.5 Å². The fraction of sp³-hybridized carbons (Fsp3) is 0.190. The molecule has 0 aliphatic carbocycles. The monoisotopic (exact) mass is 445 g/mol. The summed E-state index contributed by atoms with van der Waals surface area (Å²) in [5.41, 5.74) is 1.17. The molecule has 0 aliphatic heterocycles. The molecule has 0 radical (unpaired) electrons. The molecule has 3 rings (SSSR count). The van der Waals surface area contributed by atoms with Gasteiger partial charge in [0, 0.05) is 22.5 Å².